The maximum atomic E-state index is 12.2. The van der Waals surface area contributed by atoms with Crippen molar-refractivity contribution in [1.29, 1.82) is 0 Å². The SMILES string of the molecule is Cc1cccc(C)c1OCc1ccc(C(=O)NCc2cnn(C)c2)cc1. The number of amides is 1. The first-order chi connectivity index (χ1) is 12.5. The zero-order valence-corrected chi connectivity index (χ0v) is 15.3. The van der Waals surface area contributed by atoms with E-state index in [4.69, 9.17) is 4.74 Å². The van der Waals surface area contributed by atoms with Gasteiger partial charge in [-0.15, -0.1) is 0 Å². The first-order valence-electron chi connectivity index (χ1n) is 8.56. The molecule has 1 aromatic heterocycles. The van der Waals surface area contributed by atoms with Gasteiger partial charge in [-0.3, -0.25) is 9.48 Å². The number of rotatable bonds is 6. The van der Waals surface area contributed by atoms with Gasteiger partial charge in [0, 0.05) is 30.9 Å². The number of nitrogens with one attached hydrogen (secondary N) is 1. The number of carbonyl (C=O) groups excluding carboxylic acids is 1. The van der Waals surface area contributed by atoms with Crippen LogP contribution in [-0.2, 0) is 20.2 Å². The Morgan fingerprint density at radius 1 is 1.08 bits per heavy atom. The monoisotopic (exact) mass is 349 g/mol. The highest BCUT2D eigenvalue weighted by molar-refractivity contribution is 5.94. The van der Waals surface area contributed by atoms with Crippen LogP contribution in [0.3, 0.4) is 0 Å². The molecule has 0 aliphatic rings. The van der Waals surface area contributed by atoms with Crippen LogP contribution in [0.2, 0.25) is 0 Å². The van der Waals surface area contributed by atoms with Gasteiger partial charge in [-0.2, -0.15) is 5.10 Å². The number of aromatic nitrogens is 2. The summed E-state index contributed by atoms with van der Waals surface area (Å²) in [5.74, 6) is 0.821. The van der Waals surface area contributed by atoms with Crippen LogP contribution in [0.1, 0.15) is 32.6 Å². The molecule has 0 saturated heterocycles. The molecule has 0 aliphatic heterocycles. The first-order valence-corrected chi connectivity index (χ1v) is 8.56. The minimum atomic E-state index is -0.101. The second-order valence-electron chi connectivity index (χ2n) is 6.41. The highest BCUT2D eigenvalue weighted by atomic mass is 16.5. The van der Waals surface area contributed by atoms with Gasteiger partial charge in [-0.1, -0.05) is 30.3 Å². The van der Waals surface area contributed by atoms with Gasteiger partial charge >= 0.3 is 0 Å². The molecule has 5 nitrogen and oxygen atoms in total. The Labute approximate surface area is 153 Å². The van der Waals surface area contributed by atoms with E-state index < -0.39 is 0 Å². The summed E-state index contributed by atoms with van der Waals surface area (Å²) in [4.78, 5) is 12.2. The Kier molecular flexibility index (Phi) is 5.37. The lowest BCUT2D eigenvalue weighted by molar-refractivity contribution is 0.0951. The maximum Gasteiger partial charge on any atom is 0.251 e. The number of hydrogen-bond acceptors (Lipinski definition) is 3. The summed E-state index contributed by atoms with van der Waals surface area (Å²) < 4.78 is 7.67. The van der Waals surface area contributed by atoms with Crippen molar-refractivity contribution < 1.29 is 9.53 Å². The molecule has 1 N–H and O–H groups in total. The van der Waals surface area contributed by atoms with E-state index in [0.29, 0.717) is 18.7 Å². The molecular formula is C21H23N3O2. The molecule has 1 heterocycles. The van der Waals surface area contributed by atoms with Gasteiger partial charge in [0.2, 0.25) is 0 Å². The lowest BCUT2D eigenvalue weighted by Crippen LogP contribution is -2.22. The van der Waals surface area contributed by atoms with E-state index in [9.17, 15) is 4.79 Å². The average molecular weight is 349 g/mol. The van der Waals surface area contributed by atoms with E-state index in [-0.39, 0.29) is 5.91 Å². The summed E-state index contributed by atoms with van der Waals surface area (Å²) >= 11 is 0. The topological polar surface area (TPSA) is 56.1 Å². The van der Waals surface area contributed by atoms with Crippen molar-refractivity contribution in [2.75, 3.05) is 0 Å². The van der Waals surface area contributed by atoms with Crippen molar-refractivity contribution in [3.63, 3.8) is 0 Å². The number of para-hydroxylation sites is 1. The molecule has 0 fully saturated rings. The fourth-order valence-electron chi connectivity index (χ4n) is 2.78. The van der Waals surface area contributed by atoms with Crippen molar-refractivity contribution in [1.82, 2.24) is 15.1 Å². The standard InChI is InChI=1S/C21H23N3O2/c1-15-5-4-6-16(2)20(15)26-14-17-7-9-19(10-8-17)21(25)22-11-18-12-23-24(3)13-18/h4-10,12-13H,11,14H2,1-3H3,(H,22,25). The van der Waals surface area contributed by atoms with Crippen LogP contribution in [0.4, 0.5) is 0 Å². The van der Waals surface area contributed by atoms with Crippen molar-refractivity contribution in [2.24, 2.45) is 7.05 Å². The number of ether oxygens (including phenoxy) is 1. The normalized spacial score (nSPS) is 10.6. The molecule has 2 aromatic carbocycles. The Morgan fingerprint density at radius 2 is 1.77 bits per heavy atom. The summed E-state index contributed by atoms with van der Waals surface area (Å²) in [6.07, 6.45) is 3.63. The fraction of sp³-hybridized carbons (Fsp3) is 0.238. The minimum absolute atomic E-state index is 0.101. The molecular weight excluding hydrogens is 326 g/mol. The van der Waals surface area contributed by atoms with Crippen molar-refractivity contribution in [3.05, 3.63) is 82.7 Å². The van der Waals surface area contributed by atoms with Crippen LogP contribution in [-0.4, -0.2) is 15.7 Å². The van der Waals surface area contributed by atoms with E-state index >= 15 is 0 Å². The van der Waals surface area contributed by atoms with Crippen molar-refractivity contribution in [3.8, 4) is 5.75 Å². The summed E-state index contributed by atoms with van der Waals surface area (Å²) in [5, 5.41) is 6.99. The molecule has 3 rings (SSSR count). The van der Waals surface area contributed by atoms with Gasteiger partial charge in [0.15, 0.2) is 0 Å². The van der Waals surface area contributed by atoms with Crippen LogP contribution in [0.25, 0.3) is 0 Å². The largest absolute Gasteiger partial charge is 0.488 e. The third-order valence-electron chi connectivity index (χ3n) is 4.22. The Bertz CT molecular complexity index is 878. The third kappa shape index (κ3) is 4.30. The number of hydrogen-bond donors (Lipinski definition) is 1. The molecule has 0 spiro atoms. The number of carbonyl (C=O) groups is 1. The van der Waals surface area contributed by atoms with Crippen molar-refractivity contribution >= 4 is 5.91 Å². The fourth-order valence-corrected chi connectivity index (χ4v) is 2.78. The maximum absolute atomic E-state index is 12.2. The number of aryl methyl sites for hydroxylation is 3. The highest BCUT2D eigenvalue weighted by Crippen LogP contribution is 2.23. The summed E-state index contributed by atoms with van der Waals surface area (Å²) in [6, 6.07) is 13.6. The van der Waals surface area contributed by atoms with Gasteiger partial charge < -0.3 is 10.1 Å². The molecule has 0 unspecified atom stereocenters. The van der Waals surface area contributed by atoms with E-state index in [1.807, 2.05) is 69.6 Å². The van der Waals surface area contributed by atoms with Crippen LogP contribution in [0.5, 0.6) is 5.75 Å². The van der Waals surface area contributed by atoms with Crippen LogP contribution in [0.15, 0.2) is 54.9 Å². The van der Waals surface area contributed by atoms with Gasteiger partial charge in [0.1, 0.15) is 12.4 Å². The first kappa shape index (κ1) is 17.7. The molecule has 1 amide bonds. The molecule has 0 bridgehead atoms. The smallest absolute Gasteiger partial charge is 0.251 e. The Hall–Kier alpha value is -3.08. The van der Waals surface area contributed by atoms with Gasteiger partial charge in [0.25, 0.3) is 5.91 Å². The van der Waals surface area contributed by atoms with Crippen LogP contribution >= 0.6 is 0 Å². The minimum Gasteiger partial charge on any atom is -0.488 e. The summed E-state index contributed by atoms with van der Waals surface area (Å²) in [6.45, 7) is 5.02. The number of nitrogens with zero attached hydrogens (tertiary/aromatic N) is 2. The summed E-state index contributed by atoms with van der Waals surface area (Å²) in [5.41, 5.74) is 4.87. The Balaban J connectivity index is 1.56. The van der Waals surface area contributed by atoms with Gasteiger partial charge in [-0.25, -0.2) is 0 Å². The Morgan fingerprint density at radius 3 is 2.38 bits per heavy atom. The molecule has 134 valence electrons. The highest BCUT2D eigenvalue weighted by Gasteiger charge is 2.07. The van der Waals surface area contributed by atoms with E-state index in [1.165, 1.54) is 0 Å². The molecule has 0 aliphatic carbocycles. The van der Waals surface area contributed by atoms with Gasteiger partial charge in [-0.05, 0) is 42.7 Å². The van der Waals surface area contributed by atoms with Crippen molar-refractivity contribution in [2.45, 2.75) is 27.0 Å². The number of benzene rings is 2. The average Bonchev–Trinajstić information content (AvgIpc) is 3.05. The zero-order valence-electron chi connectivity index (χ0n) is 15.3. The summed E-state index contributed by atoms with van der Waals surface area (Å²) in [7, 11) is 1.85. The van der Waals surface area contributed by atoms with Gasteiger partial charge in [0.05, 0.1) is 6.20 Å². The van der Waals surface area contributed by atoms with E-state index in [0.717, 1.165) is 28.0 Å². The predicted octanol–water partition coefficient (Wildman–Crippen LogP) is 3.55. The van der Waals surface area contributed by atoms with E-state index in [2.05, 4.69) is 10.4 Å². The second-order valence-corrected chi connectivity index (χ2v) is 6.41. The third-order valence-corrected chi connectivity index (χ3v) is 4.22. The predicted molar refractivity (Wildman–Crippen MR) is 101 cm³/mol. The molecule has 3 aromatic rings. The van der Waals surface area contributed by atoms with Crippen LogP contribution in [0, 0.1) is 13.8 Å². The second kappa shape index (κ2) is 7.87. The van der Waals surface area contributed by atoms with E-state index in [1.54, 1.807) is 10.9 Å². The van der Waals surface area contributed by atoms with Crippen LogP contribution < -0.4 is 10.1 Å². The molecule has 0 atom stereocenters. The lowest BCUT2D eigenvalue weighted by atomic mass is 10.1. The quantitative estimate of drug-likeness (QED) is 0.740. The molecule has 5 heteroatoms. The zero-order chi connectivity index (χ0) is 18.5. The molecule has 0 saturated carbocycles. The molecule has 26 heavy (non-hydrogen) atoms. The molecule has 0 radical (unpaired) electrons. The lowest BCUT2D eigenvalue weighted by Gasteiger charge is -2.12.